The van der Waals surface area contributed by atoms with Gasteiger partial charge in [-0.2, -0.15) is 4.98 Å². The first-order chi connectivity index (χ1) is 16.4. The van der Waals surface area contributed by atoms with Crippen LogP contribution in [0.4, 0.5) is 11.6 Å². The van der Waals surface area contributed by atoms with Crippen molar-refractivity contribution in [1.29, 1.82) is 0 Å². The van der Waals surface area contributed by atoms with Crippen LogP contribution in [0.2, 0.25) is 15.1 Å². The number of rotatable bonds is 4. The monoisotopic (exact) mass is 510 g/mol. The normalized spacial score (nSPS) is 15.0. The molecule has 0 fully saturated rings. The van der Waals surface area contributed by atoms with Gasteiger partial charge in [0, 0.05) is 38.1 Å². The fourth-order valence-corrected chi connectivity index (χ4v) is 4.54. The van der Waals surface area contributed by atoms with Crippen molar-refractivity contribution in [2.45, 2.75) is 13.0 Å². The molecule has 7 nitrogen and oxygen atoms in total. The maximum atomic E-state index is 13.5. The van der Waals surface area contributed by atoms with Gasteiger partial charge in [0.1, 0.15) is 6.04 Å². The summed E-state index contributed by atoms with van der Waals surface area (Å²) >= 11 is 18.9. The molecule has 0 aliphatic carbocycles. The molecule has 0 bridgehead atoms. The van der Waals surface area contributed by atoms with Gasteiger partial charge in [-0.1, -0.05) is 53.0 Å². The Morgan fingerprint density at radius 1 is 1.06 bits per heavy atom. The first-order valence-corrected chi connectivity index (χ1v) is 11.4. The lowest BCUT2D eigenvalue weighted by Crippen LogP contribution is -2.31. The fourth-order valence-electron chi connectivity index (χ4n) is 3.84. The van der Waals surface area contributed by atoms with Crippen molar-refractivity contribution in [3.05, 3.63) is 98.9 Å². The number of anilines is 2. The van der Waals surface area contributed by atoms with Crippen molar-refractivity contribution in [3.8, 4) is 11.4 Å². The van der Waals surface area contributed by atoms with Crippen molar-refractivity contribution in [1.82, 2.24) is 19.7 Å². The van der Waals surface area contributed by atoms with Crippen LogP contribution in [0.3, 0.4) is 0 Å². The number of benzene rings is 2. The molecule has 0 saturated heterocycles. The summed E-state index contributed by atoms with van der Waals surface area (Å²) in [6, 6.07) is 15.3. The molecule has 1 atom stereocenters. The molecule has 2 aromatic carbocycles. The Labute approximate surface area is 210 Å². The second-order valence-electron chi connectivity index (χ2n) is 7.64. The molecule has 1 amide bonds. The number of allylic oxidation sites excluding steroid dienone is 1. The molecule has 2 aromatic heterocycles. The highest BCUT2D eigenvalue weighted by Crippen LogP contribution is 2.40. The summed E-state index contributed by atoms with van der Waals surface area (Å²) in [5.74, 6) is 0.614. The van der Waals surface area contributed by atoms with Crippen molar-refractivity contribution < 1.29 is 4.79 Å². The lowest BCUT2D eigenvalue weighted by molar-refractivity contribution is -0.113. The minimum absolute atomic E-state index is 0.320. The molecule has 10 heteroatoms. The van der Waals surface area contributed by atoms with E-state index in [9.17, 15) is 4.79 Å². The van der Waals surface area contributed by atoms with Crippen LogP contribution in [0, 0.1) is 0 Å². The van der Waals surface area contributed by atoms with E-state index < -0.39 is 6.04 Å². The number of fused-ring (bicyclic) bond motifs is 1. The fraction of sp³-hybridized carbons (Fsp3) is 0.0833. The number of aromatic nitrogens is 4. The van der Waals surface area contributed by atoms with Gasteiger partial charge in [-0.25, -0.2) is 4.68 Å². The number of halogens is 3. The van der Waals surface area contributed by atoms with Crippen molar-refractivity contribution in [2.24, 2.45) is 0 Å². The Balaban J connectivity index is 1.64. The molecule has 1 aliphatic rings. The molecule has 3 heterocycles. The summed E-state index contributed by atoms with van der Waals surface area (Å²) < 4.78 is 1.65. The van der Waals surface area contributed by atoms with Crippen LogP contribution in [-0.2, 0) is 4.79 Å². The van der Waals surface area contributed by atoms with Crippen LogP contribution >= 0.6 is 34.8 Å². The SMILES string of the molecule is CC1=C(C(=O)Nc2cccnc2)C(c2ccc(Cl)cc2Cl)n2nc(-c3cccc(Cl)c3)nc2N1. The standard InChI is InChI=1S/C24H17Cl3N6O/c1-13-20(23(34)30-17-6-3-9-28-12-17)21(18-8-7-16(26)11-19(18)27)33-24(29-13)31-22(32-33)14-4-2-5-15(25)10-14/h2-12,21H,1H3,(H,30,34)(H,29,31,32). The van der Waals surface area contributed by atoms with E-state index in [1.165, 1.54) is 0 Å². The summed E-state index contributed by atoms with van der Waals surface area (Å²) in [4.78, 5) is 22.2. The molecule has 4 aromatic rings. The maximum absolute atomic E-state index is 13.5. The Kier molecular flexibility index (Phi) is 6.00. The van der Waals surface area contributed by atoms with Crippen molar-refractivity contribution in [3.63, 3.8) is 0 Å². The van der Waals surface area contributed by atoms with Crippen molar-refractivity contribution in [2.75, 3.05) is 10.6 Å². The van der Waals surface area contributed by atoms with Gasteiger partial charge in [0.15, 0.2) is 5.82 Å². The molecule has 170 valence electrons. The highest BCUT2D eigenvalue weighted by molar-refractivity contribution is 6.35. The highest BCUT2D eigenvalue weighted by Gasteiger charge is 2.35. The molecule has 34 heavy (non-hydrogen) atoms. The maximum Gasteiger partial charge on any atom is 0.255 e. The van der Waals surface area contributed by atoms with E-state index in [1.54, 1.807) is 59.5 Å². The summed E-state index contributed by atoms with van der Waals surface area (Å²) in [5.41, 5.74) is 3.03. The second-order valence-corrected chi connectivity index (χ2v) is 8.92. The van der Waals surface area contributed by atoms with Gasteiger partial charge in [0.2, 0.25) is 5.95 Å². The van der Waals surface area contributed by atoms with Crippen LogP contribution in [-0.4, -0.2) is 25.7 Å². The van der Waals surface area contributed by atoms with Crippen LogP contribution in [0.1, 0.15) is 18.5 Å². The van der Waals surface area contributed by atoms with Crippen LogP contribution in [0.15, 0.2) is 78.3 Å². The van der Waals surface area contributed by atoms with Gasteiger partial charge < -0.3 is 10.6 Å². The smallest absolute Gasteiger partial charge is 0.255 e. The van der Waals surface area contributed by atoms with E-state index >= 15 is 0 Å². The molecule has 1 unspecified atom stereocenters. The van der Waals surface area contributed by atoms with Gasteiger partial charge in [0.25, 0.3) is 5.91 Å². The number of carbonyl (C=O) groups is 1. The predicted molar refractivity (Wildman–Crippen MR) is 134 cm³/mol. The third-order valence-electron chi connectivity index (χ3n) is 5.36. The number of amides is 1. The number of hydrogen-bond donors (Lipinski definition) is 2. The van der Waals surface area contributed by atoms with E-state index in [0.29, 0.717) is 49.4 Å². The number of nitrogens with one attached hydrogen (secondary N) is 2. The second kappa shape index (κ2) is 9.10. The Bertz CT molecular complexity index is 1430. The van der Waals surface area contributed by atoms with Gasteiger partial charge in [-0.05, 0) is 43.3 Å². The number of pyridine rings is 1. The lowest BCUT2D eigenvalue weighted by atomic mass is 9.95. The van der Waals surface area contributed by atoms with Gasteiger partial charge in [0.05, 0.1) is 17.5 Å². The van der Waals surface area contributed by atoms with E-state index in [0.717, 1.165) is 5.56 Å². The minimum Gasteiger partial charge on any atom is -0.328 e. The quantitative estimate of drug-likeness (QED) is 0.339. The van der Waals surface area contributed by atoms with E-state index in [2.05, 4.69) is 20.6 Å². The zero-order valence-electron chi connectivity index (χ0n) is 17.8. The number of hydrogen-bond acceptors (Lipinski definition) is 5. The van der Waals surface area contributed by atoms with Gasteiger partial charge in [-0.3, -0.25) is 9.78 Å². The number of nitrogens with zero attached hydrogens (tertiary/aromatic N) is 4. The summed E-state index contributed by atoms with van der Waals surface area (Å²) in [5, 5.41) is 12.3. The Hall–Kier alpha value is -3.39. The van der Waals surface area contributed by atoms with Gasteiger partial charge >= 0.3 is 0 Å². The Morgan fingerprint density at radius 3 is 2.62 bits per heavy atom. The average Bonchev–Trinajstić information content (AvgIpc) is 3.23. The average molecular weight is 512 g/mol. The topological polar surface area (TPSA) is 84.7 Å². The first kappa shape index (κ1) is 22.4. The molecule has 1 aliphatic heterocycles. The Morgan fingerprint density at radius 2 is 1.88 bits per heavy atom. The van der Waals surface area contributed by atoms with Gasteiger partial charge in [-0.15, -0.1) is 5.10 Å². The zero-order chi connectivity index (χ0) is 23.8. The molecular weight excluding hydrogens is 495 g/mol. The van der Waals surface area contributed by atoms with Crippen LogP contribution < -0.4 is 10.6 Å². The van der Waals surface area contributed by atoms with Crippen LogP contribution in [0.25, 0.3) is 11.4 Å². The van der Waals surface area contributed by atoms with E-state index in [4.69, 9.17) is 39.9 Å². The third kappa shape index (κ3) is 4.25. The third-order valence-corrected chi connectivity index (χ3v) is 6.15. The summed E-state index contributed by atoms with van der Waals surface area (Å²) in [7, 11) is 0. The zero-order valence-corrected chi connectivity index (χ0v) is 20.0. The van der Waals surface area contributed by atoms with Crippen LogP contribution in [0.5, 0.6) is 0 Å². The largest absolute Gasteiger partial charge is 0.328 e. The highest BCUT2D eigenvalue weighted by atomic mass is 35.5. The molecule has 0 saturated carbocycles. The molecule has 0 radical (unpaired) electrons. The molecule has 2 N–H and O–H groups in total. The van der Waals surface area contributed by atoms with Crippen molar-refractivity contribution >= 4 is 52.3 Å². The molecular formula is C24H17Cl3N6O. The number of carbonyl (C=O) groups excluding carboxylic acids is 1. The van der Waals surface area contributed by atoms with E-state index in [-0.39, 0.29) is 5.91 Å². The lowest BCUT2D eigenvalue weighted by Gasteiger charge is -2.29. The summed E-state index contributed by atoms with van der Waals surface area (Å²) in [6.45, 7) is 1.81. The molecule has 5 rings (SSSR count). The predicted octanol–water partition coefficient (Wildman–Crippen LogP) is 6.23. The van der Waals surface area contributed by atoms with E-state index in [1.807, 2.05) is 19.1 Å². The minimum atomic E-state index is -0.655. The first-order valence-electron chi connectivity index (χ1n) is 10.3. The molecule has 0 spiro atoms. The summed E-state index contributed by atoms with van der Waals surface area (Å²) in [6.07, 6.45) is 3.21.